The van der Waals surface area contributed by atoms with Crippen LogP contribution in [0.2, 0.25) is 0 Å². The van der Waals surface area contributed by atoms with Crippen LogP contribution < -0.4 is 0 Å². The van der Waals surface area contributed by atoms with Crippen LogP contribution in [0.4, 0.5) is 0 Å². The largest absolute Gasteiger partial charge is 0.468 e. The minimum Gasteiger partial charge on any atom is -0.468 e. The van der Waals surface area contributed by atoms with Gasteiger partial charge in [-0.2, -0.15) is 0 Å². The van der Waals surface area contributed by atoms with Crippen LogP contribution in [0.25, 0.3) is 0 Å². The van der Waals surface area contributed by atoms with E-state index in [0.29, 0.717) is 9.21 Å². The molecule has 0 amide bonds. The molecule has 1 aromatic rings. The van der Waals surface area contributed by atoms with Crippen LogP contribution in [0.3, 0.4) is 0 Å². The lowest BCUT2D eigenvalue weighted by molar-refractivity contribution is -0.141. The van der Waals surface area contributed by atoms with Crippen LogP contribution in [-0.2, 0) is 16.1 Å². The van der Waals surface area contributed by atoms with Gasteiger partial charge in [-0.1, -0.05) is 5.21 Å². The van der Waals surface area contributed by atoms with Gasteiger partial charge in [0.15, 0.2) is 4.60 Å². The standard InChI is InChI=1S/C5H5Br2N3O2/c1-12-3(11)2-10-5(7)4(6)8-9-10/h2H2,1H3. The maximum absolute atomic E-state index is 10.8. The SMILES string of the molecule is COC(=O)Cn1nnc(Br)c1Br. The first-order chi connectivity index (χ1) is 5.65. The van der Waals surface area contributed by atoms with Crippen molar-refractivity contribution >= 4 is 37.8 Å². The number of esters is 1. The maximum Gasteiger partial charge on any atom is 0.327 e. The molecule has 0 saturated carbocycles. The van der Waals surface area contributed by atoms with Crippen molar-refractivity contribution in [3.63, 3.8) is 0 Å². The lowest BCUT2D eigenvalue weighted by Gasteiger charge is -1.98. The second-order valence-corrected chi connectivity index (χ2v) is 3.41. The van der Waals surface area contributed by atoms with E-state index in [1.807, 2.05) is 0 Å². The first-order valence-electron chi connectivity index (χ1n) is 2.96. The van der Waals surface area contributed by atoms with Crippen molar-refractivity contribution in [1.29, 1.82) is 0 Å². The van der Waals surface area contributed by atoms with Crippen molar-refractivity contribution in [2.24, 2.45) is 0 Å². The van der Waals surface area contributed by atoms with Crippen molar-refractivity contribution in [3.05, 3.63) is 9.21 Å². The molecule has 0 atom stereocenters. The number of hydrogen-bond acceptors (Lipinski definition) is 4. The normalized spacial score (nSPS) is 9.92. The summed E-state index contributed by atoms with van der Waals surface area (Å²) in [5.41, 5.74) is 0. The molecule has 0 radical (unpaired) electrons. The first kappa shape index (κ1) is 9.66. The number of aromatic nitrogens is 3. The summed E-state index contributed by atoms with van der Waals surface area (Å²) in [7, 11) is 1.32. The van der Waals surface area contributed by atoms with Crippen molar-refractivity contribution < 1.29 is 9.53 Å². The van der Waals surface area contributed by atoms with Gasteiger partial charge in [0.05, 0.1) is 7.11 Å². The van der Waals surface area contributed by atoms with Crippen LogP contribution in [-0.4, -0.2) is 28.1 Å². The molecule has 0 bridgehead atoms. The Bertz CT molecular complexity index is 299. The Morgan fingerprint density at radius 3 is 2.75 bits per heavy atom. The molecule has 0 N–H and O–H groups in total. The second kappa shape index (κ2) is 3.99. The molecule has 66 valence electrons. The van der Waals surface area contributed by atoms with Crippen molar-refractivity contribution in [3.8, 4) is 0 Å². The van der Waals surface area contributed by atoms with E-state index in [1.54, 1.807) is 0 Å². The Morgan fingerprint density at radius 1 is 1.67 bits per heavy atom. The monoisotopic (exact) mass is 297 g/mol. The molecule has 0 spiro atoms. The average molecular weight is 299 g/mol. The van der Waals surface area contributed by atoms with Crippen molar-refractivity contribution in [1.82, 2.24) is 15.0 Å². The first-order valence-corrected chi connectivity index (χ1v) is 4.55. The zero-order valence-corrected chi connectivity index (χ0v) is 9.29. The highest BCUT2D eigenvalue weighted by Crippen LogP contribution is 2.18. The molecule has 0 fully saturated rings. The molecule has 5 nitrogen and oxygen atoms in total. The topological polar surface area (TPSA) is 57.0 Å². The fraction of sp³-hybridized carbons (Fsp3) is 0.400. The Kier molecular flexibility index (Phi) is 3.21. The smallest absolute Gasteiger partial charge is 0.327 e. The van der Waals surface area contributed by atoms with Gasteiger partial charge in [-0.05, 0) is 31.9 Å². The van der Waals surface area contributed by atoms with E-state index in [4.69, 9.17) is 0 Å². The van der Waals surface area contributed by atoms with Crippen molar-refractivity contribution in [2.45, 2.75) is 6.54 Å². The highest BCUT2D eigenvalue weighted by atomic mass is 79.9. The third-order valence-corrected chi connectivity index (χ3v) is 3.00. The van der Waals surface area contributed by atoms with Crippen LogP contribution in [0.1, 0.15) is 0 Å². The van der Waals surface area contributed by atoms with Gasteiger partial charge < -0.3 is 4.74 Å². The van der Waals surface area contributed by atoms with Gasteiger partial charge in [-0.3, -0.25) is 4.79 Å². The summed E-state index contributed by atoms with van der Waals surface area (Å²) in [6.45, 7) is 0.0513. The third-order valence-electron chi connectivity index (χ3n) is 1.14. The molecule has 1 rings (SSSR count). The highest BCUT2D eigenvalue weighted by Gasteiger charge is 2.10. The highest BCUT2D eigenvalue weighted by molar-refractivity contribution is 9.13. The zero-order chi connectivity index (χ0) is 9.14. The van der Waals surface area contributed by atoms with E-state index in [9.17, 15) is 4.79 Å². The molecule has 0 aliphatic rings. The second-order valence-electron chi connectivity index (χ2n) is 1.90. The van der Waals surface area contributed by atoms with Crippen molar-refractivity contribution in [2.75, 3.05) is 7.11 Å². The summed E-state index contributed by atoms with van der Waals surface area (Å²) in [5.74, 6) is -0.367. The van der Waals surface area contributed by atoms with E-state index in [2.05, 4.69) is 46.9 Å². The summed E-state index contributed by atoms with van der Waals surface area (Å²) in [6, 6.07) is 0. The Balaban J connectivity index is 2.76. The number of nitrogens with zero attached hydrogens (tertiary/aromatic N) is 3. The molecule has 7 heteroatoms. The van der Waals surface area contributed by atoms with Crippen LogP contribution >= 0.6 is 31.9 Å². The third kappa shape index (κ3) is 2.04. The zero-order valence-electron chi connectivity index (χ0n) is 6.12. The molecule has 12 heavy (non-hydrogen) atoms. The lowest BCUT2D eigenvalue weighted by Crippen LogP contribution is -2.12. The quantitative estimate of drug-likeness (QED) is 0.764. The summed E-state index contributed by atoms with van der Waals surface area (Å²) in [6.07, 6.45) is 0. The summed E-state index contributed by atoms with van der Waals surface area (Å²) in [5, 5.41) is 7.35. The number of carbonyl (C=O) groups excluding carboxylic acids is 1. The predicted octanol–water partition coefficient (Wildman–Crippen LogP) is 0.976. The summed E-state index contributed by atoms with van der Waals surface area (Å²) in [4.78, 5) is 10.8. The van der Waals surface area contributed by atoms with E-state index >= 15 is 0 Å². The molecule has 1 aromatic heterocycles. The number of ether oxygens (including phenoxy) is 1. The summed E-state index contributed by atoms with van der Waals surface area (Å²) < 4.78 is 7.02. The van der Waals surface area contributed by atoms with Gasteiger partial charge in [0.2, 0.25) is 0 Å². The molecule has 0 aliphatic heterocycles. The Morgan fingerprint density at radius 2 is 2.33 bits per heavy atom. The number of hydrogen-bond donors (Lipinski definition) is 0. The molecule has 1 heterocycles. The fourth-order valence-corrected chi connectivity index (χ4v) is 1.12. The van der Waals surface area contributed by atoms with Gasteiger partial charge >= 0.3 is 5.97 Å². The van der Waals surface area contributed by atoms with Crippen LogP contribution in [0.5, 0.6) is 0 Å². The summed E-state index contributed by atoms with van der Waals surface area (Å²) >= 11 is 6.33. The predicted molar refractivity (Wildman–Crippen MR) is 47.4 cm³/mol. The minimum atomic E-state index is -0.367. The number of methoxy groups -OCH3 is 1. The van der Waals surface area contributed by atoms with Crippen LogP contribution in [0, 0.1) is 0 Å². The van der Waals surface area contributed by atoms with Gasteiger partial charge in [0, 0.05) is 0 Å². The van der Waals surface area contributed by atoms with Gasteiger partial charge in [0.1, 0.15) is 11.1 Å². The molecular weight excluding hydrogens is 294 g/mol. The van der Waals surface area contributed by atoms with Gasteiger partial charge in [-0.25, -0.2) is 4.68 Å². The van der Waals surface area contributed by atoms with Gasteiger partial charge in [-0.15, -0.1) is 5.10 Å². The molecule has 0 aliphatic carbocycles. The minimum absolute atomic E-state index is 0.0513. The van der Waals surface area contributed by atoms with Crippen LogP contribution in [0.15, 0.2) is 9.21 Å². The Hall–Kier alpha value is -0.430. The van der Waals surface area contributed by atoms with E-state index in [1.165, 1.54) is 11.8 Å². The molecular formula is C5H5Br2N3O2. The Labute approximate surface area is 85.3 Å². The molecule has 0 aromatic carbocycles. The number of rotatable bonds is 2. The number of carbonyl (C=O) groups is 1. The van der Waals surface area contributed by atoms with E-state index in [0.717, 1.165) is 0 Å². The molecule has 0 saturated heterocycles. The lowest BCUT2D eigenvalue weighted by atomic mass is 10.6. The van der Waals surface area contributed by atoms with Gasteiger partial charge in [0.25, 0.3) is 0 Å². The van der Waals surface area contributed by atoms with E-state index in [-0.39, 0.29) is 12.5 Å². The number of halogens is 2. The maximum atomic E-state index is 10.8. The van der Waals surface area contributed by atoms with E-state index < -0.39 is 0 Å². The fourth-order valence-electron chi connectivity index (χ4n) is 0.568. The average Bonchev–Trinajstić information content (AvgIpc) is 2.36. The molecule has 0 unspecified atom stereocenters.